The molecule has 4 aromatic rings. The second kappa shape index (κ2) is 7.17. The highest BCUT2D eigenvalue weighted by atomic mass is 15.1. The highest BCUT2D eigenvalue weighted by molar-refractivity contribution is 5.84. The average Bonchev–Trinajstić information content (AvgIpc) is 3.23. The predicted octanol–water partition coefficient (Wildman–Crippen LogP) is 5.14. The van der Waals surface area contributed by atoms with Crippen molar-refractivity contribution < 1.29 is 0 Å². The molecule has 1 unspecified atom stereocenters. The number of pyridine rings is 1. The van der Waals surface area contributed by atoms with E-state index in [0.29, 0.717) is 0 Å². The standard InChI is InChI=1S/C24H23N5/c1-15-7-3-5-9-18(15)22-20(13-17-8-4-6-10-21(17)29-22)16(2)28-24-19-11-12-25-23(19)26-14-27-24/h3-10,13-14,16H,11-12H2,1-2H3,(H2,25,26,27,28). The molecule has 0 fully saturated rings. The van der Waals surface area contributed by atoms with Crippen LogP contribution in [0.15, 0.2) is 60.9 Å². The molecule has 2 aromatic carbocycles. The highest BCUT2D eigenvalue weighted by Crippen LogP contribution is 2.34. The summed E-state index contributed by atoms with van der Waals surface area (Å²) in [7, 11) is 0. The van der Waals surface area contributed by atoms with Gasteiger partial charge in [-0.1, -0.05) is 42.5 Å². The molecule has 29 heavy (non-hydrogen) atoms. The monoisotopic (exact) mass is 381 g/mol. The molecule has 144 valence electrons. The number of fused-ring (bicyclic) bond motifs is 2. The summed E-state index contributed by atoms with van der Waals surface area (Å²) in [6, 6.07) is 19.0. The molecule has 2 N–H and O–H groups in total. The van der Waals surface area contributed by atoms with Crippen LogP contribution < -0.4 is 10.6 Å². The van der Waals surface area contributed by atoms with Crippen molar-refractivity contribution in [1.29, 1.82) is 0 Å². The molecule has 3 heterocycles. The molecule has 5 rings (SSSR count). The Morgan fingerprint density at radius 3 is 2.76 bits per heavy atom. The first kappa shape index (κ1) is 17.6. The van der Waals surface area contributed by atoms with Crippen LogP contribution in [-0.2, 0) is 6.42 Å². The number of hydrogen-bond donors (Lipinski definition) is 2. The summed E-state index contributed by atoms with van der Waals surface area (Å²) in [5.74, 6) is 1.84. The smallest absolute Gasteiger partial charge is 0.135 e. The number of anilines is 2. The Hall–Kier alpha value is -3.47. The third kappa shape index (κ3) is 3.18. The molecule has 0 radical (unpaired) electrons. The number of aromatic nitrogens is 3. The number of benzene rings is 2. The van der Waals surface area contributed by atoms with Crippen LogP contribution in [0.5, 0.6) is 0 Å². The Kier molecular flexibility index (Phi) is 4.35. The minimum Gasteiger partial charge on any atom is -0.369 e. The van der Waals surface area contributed by atoms with Gasteiger partial charge in [-0.15, -0.1) is 0 Å². The van der Waals surface area contributed by atoms with Gasteiger partial charge in [0.2, 0.25) is 0 Å². The van der Waals surface area contributed by atoms with E-state index in [4.69, 9.17) is 4.98 Å². The summed E-state index contributed by atoms with van der Waals surface area (Å²) in [6.45, 7) is 5.21. The van der Waals surface area contributed by atoms with E-state index in [1.165, 1.54) is 5.56 Å². The summed E-state index contributed by atoms with van der Waals surface area (Å²) < 4.78 is 0. The lowest BCUT2D eigenvalue weighted by Crippen LogP contribution is -2.12. The fourth-order valence-corrected chi connectivity index (χ4v) is 4.03. The number of aryl methyl sites for hydroxylation is 1. The molecule has 0 saturated heterocycles. The molecule has 0 saturated carbocycles. The summed E-state index contributed by atoms with van der Waals surface area (Å²) in [6.07, 6.45) is 2.55. The summed E-state index contributed by atoms with van der Waals surface area (Å²) in [5, 5.41) is 8.08. The number of nitrogens with one attached hydrogen (secondary N) is 2. The summed E-state index contributed by atoms with van der Waals surface area (Å²) in [5.41, 5.74) is 6.73. The van der Waals surface area contributed by atoms with Gasteiger partial charge in [0.05, 0.1) is 17.3 Å². The lowest BCUT2D eigenvalue weighted by molar-refractivity contribution is 0.865. The van der Waals surface area contributed by atoms with Crippen molar-refractivity contribution in [2.75, 3.05) is 17.2 Å². The van der Waals surface area contributed by atoms with E-state index in [2.05, 4.69) is 83.0 Å². The molecule has 1 aliphatic rings. The van der Waals surface area contributed by atoms with Gasteiger partial charge in [0.1, 0.15) is 18.0 Å². The maximum absolute atomic E-state index is 5.06. The van der Waals surface area contributed by atoms with E-state index < -0.39 is 0 Å². The molecule has 0 spiro atoms. The number of rotatable bonds is 4. The van der Waals surface area contributed by atoms with Crippen molar-refractivity contribution in [1.82, 2.24) is 15.0 Å². The van der Waals surface area contributed by atoms with E-state index in [-0.39, 0.29) is 6.04 Å². The molecule has 0 bridgehead atoms. The number of hydrogen-bond acceptors (Lipinski definition) is 5. The Balaban J connectivity index is 1.62. The fourth-order valence-electron chi connectivity index (χ4n) is 4.03. The van der Waals surface area contributed by atoms with Crippen LogP contribution in [0.1, 0.15) is 29.7 Å². The lowest BCUT2D eigenvalue weighted by atomic mass is 9.96. The first-order chi connectivity index (χ1) is 14.2. The van der Waals surface area contributed by atoms with Crippen LogP contribution in [0, 0.1) is 6.92 Å². The zero-order chi connectivity index (χ0) is 19.8. The maximum Gasteiger partial charge on any atom is 0.135 e. The van der Waals surface area contributed by atoms with Gasteiger partial charge in [0, 0.05) is 28.6 Å². The van der Waals surface area contributed by atoms with E-state index >= 15 is 0 Å². The van der Waals surface area contributed by atoms with Crippen LogP contribution in [0.2, 0.25) is 0 Å². The molecule has 1 aliphatic heterocycles. The molecule has 5 heteroatoms. The SMILES string of the molecule is Cc1ccccc1-c1nc2ccccc2cc1C(C)Nc1ncnc2c1CCN2. The molecule has 0 aliphatic carbocycles. The topological polar surface area (TPSA) is 62.7 Å². The van der Waals surface area contributed by atoms with Crippen LogP contribution in [-0.4, -0.2) is 21.5 Å². The van der Waals surface area contributed by atoms with E-state index in [0.717, 1.165) is 57.9 Å². The van der Waals surface area contributed by atoms with Crippen molar-refractivity contribution in [3.8, 4) is 11.3 Å². The maximum atomic E-state index is 5.06. The predicted molar refractivity (Wildman–Crippen MR) is 118 cm³/mol. The van der Waals surface area contributed by atoms with Crippen LogP contribution in [0.25, 0.3) is 22.2 Å². The number of para-hydroxylation sites is 1. The van der Waals surface area contributed by atoms with Crippen molar-refractivity contribution in [2.24, 2.45) is 0 Å². The lowest BCUT2D eigenvalue weighted by Gasteiger charge is -2.21. The largest absolute Gasteiger partial charge is 0.369 e. The molecule has 1 atom stereocenters. The van der Waals surface area contributed by atoms with Gasteiger partial charge in [-0.25, -0.2) is 15.0 Å². The molecular weight excluding hydrogens is 358 g/mol. The normalized spacial score (nSPS) is 13.7. The highest BCUT2D eigenvalue weighted by Gasteiger charge is 2.21. The molecule has 5 nitrogen and oxygen atoms in total. The van der Waals surface area contributed by atoms with Gasteiger partial charge in [0.15, 0.2) is 0 Å². The minimum absolute atomic E-state index is 0.0429. The van der Waals surface area contributed by atoms with Gasteiger partial charge < -0.3 is 10.6 Å². The minimum atomic E-state index is 0.0429. The van der Waals surface area contributed by atoms with E-state index in [1.54, 1.807) is 6.33 Å². The van der Waals surface area contributed by atoms with Gasteiger partial charge in [-0.2, -0.15) is 0 Å². The third-order valence-corrected chi connectivity index (χ3v) is 5.59. The van der Waals surface area contributed by atoms with Crippen LogP contribution in [0.3, 0.4) is 0 Å². The molecular formula is C24H23N5. The van der Waals surface area contributed by atoms with Crippen molar-refractivity contribution in [3.05, 3.63) is 77.6 Å². The quantitative estimate of drug-likeness (QED) is 0.512. The third-order valence-electron chi connectivity index (χ3n) is 5.59. The Labute approximate surface area is 170 Å². The second-order valence-corrected chi connectivity index (χ2v) is 7.53. The number of nitrogens with zero attached hydrogens (tertiary/aromatic N) is 3. The zero-order valence-electron chi connectivity index (χ0n) is 16.6. The Morgan fingerprint density at radius 2 is 1.86 bits per heavy atom. The van der Waals surface area contributed by atoms with Crippen molar-refractivity contribution in [2.45, 2.75) is 26.3 Å². The molecule has 0 amide bonds. The van der Waals surface area contributed by atoms with Crippen LogP contribution in [0.4, 0.5) is 11.6 Å². The Morgan fingerprint density at radius 1 is 1.03 bits per heavy atom. The van der Waals surface area contributed by atoms with Gasteiger partial charge >= 0.3 is 0 Å². The summed E-state index contributed by atoms with van der Waals surface area (Å²) in [4.78, 5) is 13.9. The van der Waals surface area contributed by atoms with E-state index in [9.17, 15) is 0 Å². The van der Waals surface area contributed by atoms with Gasteiger partial charge in [0.25, 0.3) is 0 Å². The average molecular weight is 381 g/mol. The first-order valence-corrected chi connectivity index (χ1v) is 10.0. The first-order valence-electron chi connectivity index (χ1n) is 10.0. The van der Waals surface area contributed by atoms with Gasteiger partial charge in [-0.05, 0) is 38.0 Å². The van der Waals surface area contributed by atoms with E-state index in [1.807, 2.05) is 6.07 Å². The van der Waals surface area contributed by atoms with Crippen molar-refractivity contribution >= 4 is 22.5 Å². The van der Waals surface area contributed by atoms with Crippen molar-refractivity contribution in [3.63, 3.8) is 0 Å². The second-order valence-electron chi connectivity index (χ2n) is 7.53. The Bertz CT molecular complexity index is 1200. The molecule has 2 aromatic heterocycles. The summed E-state index contributed by atoms with van der Waals surface area (Å²) >= 11 is 0. The van der Waals surface area contributed by atoms with Crippen LogP contribution >= 0.6 is 0 Å². The van der Waals surface area contributed by atoms with Gasteiger partial charge in [-0.3, -0.25) is 0 Å². The fraction of sp³-hybridized carbons (Fsp3) is 0.208. The zero-order valence-corrected chi connectivity index (χ0v) is 16.6.